The Labute approximate surface area is 235 Å². The van der Waals surface area contributed by atoms with Crippen LogP contribution in [0.5, 0.6) is 0 Å². The Morgan fingerprint density at radius 3 is 2.12 bits per heavy atom. The topological polar surface area (TPSA) is 194 Å². The maximum Gasteiger partial charge on any atom is 0.475 e. The third kappa shape index (κ3) is 6.21. The molecule has 0 bridgehead atoms. The fourth-order valence-corrected chi connectivity index (χ4v) is 5.88. The minimum Gasteiger partial charge on any atom is -0.394 e. The first-order chi connectivity index (χ1) is 19.7. The molecule has 220 valence electrons. The molecule has 0 amide bonds. The molecule has 41 heavy (non-hydrogen) atoms. The van der Waals surface area contributed by atoms with Crippen LogP contribution in [0.25, 0.3) is 0 Å². The van der Waals surface area contributed by atoms with Gasteiger partial charge in [-0.3, -0.25) is 18.1 Å². The highest BCUT2D eigenvalue weighted by Gasteiger charge is 2.50. The normalized spacial score (nSPS) is 26.5. The number of aliphatic hydroxyl groups is 4. The molecule has 1 saturated heterocycles. The molecule has 1 unspecified atom stereocenters. The average Bonchev–Trinajstić information content (AvgIpc) is 3.41. The number of phosphoric acid groups is 1. The van der Waals surface area contributed by atoms with Crippen LogP contribution in [0.15, 0.2) is 72.0 Å². The molecule has 2 aromatic carbocycles. The predicted molar refractivity (Wildman–Crippen MR) is 144 cm³/mol. The number of phosphoric ester groups is 1. The van der Waals surface area contributed by atoms with Crippen molar-refractivity contribution in [3.8, 4) is 0 Å². The molecule has 0 radical (unpaired) electrons. The molecule has 3 heterocycles. The maximum absolute atomic E-state index is 14.0. The summed E-state index contributed by atoms with van der Waals surface area (Å²) >= 11 is 0. The van der Waals surface area contributed by atoms with Gasteiger partial charge in [-0.05, 0) is 11.1 Å². The Morgan fingerprint density at radius 2 is 1.56 bits per heavy atom. The van der Waals surface area contributed by atoms with Crippen molar-refractivity contribution in [2.45, 2.75) is 50.1 Å². The second-order valence-corrected chi connectivity index (χ2v) is 11.2. The number of nitrogens with zero attached hydrogens (tertiary/aromatic N) is 4. The summed E-state index contributed by atoms with van der Waals surface area (Å²) in [6.07, 6.45) is -7.62. The number of aromatic nitrogens is 2. The number of rotatable bonds is 10. The third-order valence-electron chi connectivity index (χ3n) is 6.83. The number of hydrogen-bond donors (Lipinski definition) is 5. The second kappa shape index (κ2) is 12.4. The number of imidazole rings is 1. The number of fused-ring (bicyclic) bond motifs is 1. The van der Waals surface area contributed by atoms with E-state index in [1.807, 2.05) is 12.1 Å². The van der Waals surface area contributed by atoms with Gasteiger partial charge in [0.25, 0.3) is 0 Å². The lowest BCUT2D eigenvalue weighted by atomic mass is 9.98. The summed E-state index contributed by atoms with van der Waals surface area (Å²) in [5.74, 6) is 0.119. The van der Waals surface area contributed by atoms with Crippen LogP contribution in [0.1, 0.15) is 29.3 Å². The predicted octanol–water partition coefficient (Wildman–Crippen LogP) is 1.30. The molecule has 3 aromatic rings. The Bertz CT molecular complexity index is 1340. The molecular formula is C26H32N5O9P. The van der Waals surface area contributed by atoms with Crippen LogP contribution in [-0.2, 0) is 36.1 Å². The molecule has 1 fully saturated rings. The summed E-state index contributed by atoms with van der Waals surface area (Å²) in [6.45, 7) is -0.973. The van der Waals surface area contributed by atoms with Crippen LogP contribution in [0.2, 0.25) is 0 Å². The van der Waals surface area contributed by atoms with Gasteiger partial charge < -0.3 is 35.8 Å². The van der Waals surface area contributed by atoms with Gasteiger partial charge in [-0.2, -0.15) is 4.99 Å². The van der Waals surface area contributed by atoms with Crippen LogP contribution in [0, 0.1) is 0 Å². The van der Waals surface area contributed by atoms with Crippen molar-refractivity contribution >= 4 is 19.6 Å². The quantitative estimate of drug-likeness (QED) is 0.213. The molecular weight excluding hydrogens is 557 g/mol. The average molecular weight is 590 g/mol. The molecule has 0 spiro atoms. The molecule has 0 aliphatic carbocycles. The van der Waals surface area contributed by atoms with Gasteiger partial charge in [0.2, 0.25) is 0 Å². The van der Waals surface area contributed by atoms with E-state index in [1.54, 1.807) is 48.5 Å². The fourth-order valence-electron chi connectivity index (χ4n) is 4.52. The molecule has 6 N–H and O–H groups in total. The Morgan fingerprint density at radius 1 is 0.976 bits per heavy atom. The maximum atomic E-state index is 14.0. The van der Waals surface area contributed by atoms with Crippen LogP contribution >= 0.6 is 7.82 Å². The molecule has 2 aliphatic rings. The van der Waals surface area contributed by atoms with Crippen molar-refractivity contribution in [3.05, 3.63) is 83.8 Å². The number of ether oxygens (including phenoxy) is 1. The van der Waals surface area contributed by atoms with Gasteiger partial charge >= 0.3 is 7.82 Å². The SMILES string of the molecule is CN1C(N)=Nc2ncn([C@@H]3O[C@H](CO)[C@@H](O)[C@H](OP(=O)(OCc4ccccc4)OCc4ccccc4)[C@H]3O)c2C1O. The molecule has 0 saturated carbocycles. The van der Waals surface area contributed by atoms with Crippen molar-refractivity contribution < 1.29 is 43.3 Å². The minimum absolute atomic E-state index is 0.0253. The molecule has 2 aliphatic heterocycles. The molecule has 15 heteroatoms. The fraction of sp³-hybridized carbons (Fsp3) is 0.385. The highest BCUT2D eigenvalue weighted by atomic mass is 31.2. The molecule has 14 nitrogen and oxygen atoms in total. The first-order valence-corrected chi connectivity index (χ1v) is 14.3. The number of benzene rings is 2. The van der Waals surface area contributed by atoms with Crippen molar-refractivity contribution in [2.24, 2.45) is 10.7 Å². The smallest absolute Gasteiger partial charge is 0.394 e. The zero-order valence-electron chi connectivity index (χ0n) is 22.1. The van der Waals surface area contributed by atoms with Crippen molar-refractivity contribution in [1.82, 2.24) is 14.5 Å². The summed E-state index contributed by atoms with van der Waals surface area (Å²) in [7, 11) is -2.95. The van der Waals surface area contributed by atoms with E-state index in [4.69, 9.17) is 24.0 Å². The number of hydrogen-bond acceptors (Lipinski definition) is 13. The van der Waals surface area contributed by atoms with E-state index >= 15 is 0 Å². The summed E-state index contributed by atoms with van der Waals surface area (Å²) in [5, 5.41) is 43.2. The molecule has 1 aromatic heterocycles. The van der Waals surface area contributed by atoms with E-state index in [-0.39, 0.29) is 30.7 Å². The summed E-state index contributed by atoms with van der Waals surface area (Å²) in [6, 6.07) is 17.8. The zero-order valence-corrected chi connectivity index (χ0v) is 23.0. The van der Waals surface area contributed by atoms with Crippen LogP contribution in [0.3, 0.4) is 0 Å². The standard InChI is InChI=1S/C26H32N5O9P/c1-30-24(35)19-23(29-26(30)27)28-15-31(19)25-21(34)22(20(33)18(12-32)39-25)40-41(36,37-13-16-8-4-2-5-9-16)38-14-17-10-6-3-7-11-17/h2-11,15,18,20-22,24-25,32-35H,12-14H2,1H3,(H2,27,29)/t18-,20-,21-,22+,24?,25-/m1/s1. The molecule has 5 rings (SSSR count). The van der Waals surface area contributed by atoms with Crippen molar-refractivity contribution in [2.75, 3.05) is 13.7 Å². The van der Waals surface area contributed by atoms with Gasteiger partial charge in [0.1, 0.15) is 30.1 Å². The van der Waals surface area contributed by atoms with Crippen molar-refractivity contribution in [3.63, 3.8) is 0 Å². The minimum atomic E-state index is -4.47. The summed E-state index contributed by atoms with van der Waals surface area (Å²) in [5.41, 5.74) is 7.34. The Hall–Kier alpha value is -3.17. The van der Waals surface area contributed by atoms with Crippen molar-refractivity contribution in [1.29, 1.82) is 0 Å². The largest absolute Gasteiger partial charge is 0.475 e. The number of guanidine groups is 1. The van der Waals surface area contributed by atoms with E-state index in [2.05, 4.69) is 9.98 Å². The highest BCUT2D eigenvalue weighted by molar-refractivity contribution is 7.48. The van der Waals surface area contributed by atoms with Gasteiger partial charge in [-0.25, -0.2) is 9.55 Å². The van der Waals surface area contributed by atoms with Gasteiger partial charge in [0.15, 0.2) is 24.2 Å². The zero-order chi connectivity index (χ0) is 29.1. The van der Waals surface area contributed by atoms with E-state index < -0.39 is 51.3 Å². The Kier molecular flexibility index (Phi) is 8.85. The van der Waals surface area contributed by atoms with Crippen LogP contribution < -0.4 is 5.73 Å². The number of nitrogens with two attached hydrogens (primary N) is 1. The van der Waals surface area contributed by atoms with E-state index in [9.17, 15) is 25.0 Å². The second-order valence-electron chi connectivity index (χ2n) is 9.58. The highest BCUT2D eigenvalue weighted by Crippen LogP contribution is 2.54. The molecule has 6 atom stereocenters. The first kappa shape index (κ1) is 29.3. The lowest BCUT2D eigenvalue weighted by Crippen LogP contribution is -2.57. The van der Waals surface area contributed by atoms with Gasteiger partial charge in [-0.1, -0.05) is 60.7 Å². The summed E-state index contributed by atoms with van der Waals surface area (Å²) in [4.78, 5) is 9.56. The first-order valence-electron chi connectivity index (χ1n) is 12.8. The number of aliphatic imine (C=N–C) groups is 1. The summed E-state index contributed by atoms with van der Waals surface area (Å²) < 4.78 is 38.2. The van der Waals surface area contributed by atoms with Gasteiger partial charge in [0.05, 0.1) is 26.1 Å². The van der Waals surface area contributed by atoms with Crippen LogP contribution in [-0.4, -0.2) is 78.9 Å². The van der Waals surface area contributed by atoms with E-state index in [1.165, 1.54) is 22.8 Å². The monoisotopic (exact) mass is 589 g/mol. The van der Waals surface area contributed by atoms with E-state index in [0.29, 0.717) is 11.1 Å². The van der Waals surface area contributed by atoms with Crippen LogP contribution in [0.4, 0.5) is 5.82 Å². The lowest BCUT2D eigenvalue weighted by Gasteiger charge is -2.43. The Balaban J connectivity index is 1.43. The number of aliphatic hydroxyl groups excluding tert-OH is 4. The van der Waals surface area contributed by atoms with Gasteiger partial charge in [-0.15, -0.1) is 0 Å². The van der Waals surface area contributed by atoms with Gasteiger partial charge in [0, 0.05) is 7.05 Å². The third-order valence-corrected chi connectivity index (χ3v) is 8.23. The van der Waals surface area contributed by atoms with E-state index in [0.717, 1.165) is 0 Å². The lowest BCUT2D eigenvalue weighted by molar-refractivity contribution is -0.249.